The van der Waals surface area contributed by atoms with Crippen molar-refractivity contribution in [3.8, 4) is 11.5 Å². The molecule has 0 aliphatic heterocycles. The van der Waals surface area contributed by atoms with Crippen LogP contribution < -0.4 is 20.5 Å². The Hall–Kier alpha value is -3.68. The lowest BCUT2D eigenvalue weighted by molar-refractivity contribution is 0.0950. The van der Waals surface area contributed by atoms with Crippen molar-refractivity contribution < 1.29 is 14.3 Å². The molecule has 0 saturated carbocycles. The molecule has 0 bridgehead atoms. The molecule has 0 spiro atoms. The lowest BCUT2D eigenvalue weighted by Gasteiger charge is -2.08. The number of nitrogens with zero attached hydrogens (tertiary/aromatic N) is 3. The summed E-state index contributed by atoms with van der Waals surface area (Å²) in [6.07, 6.45) is 1.46. The van der Waals surface area contributed by atoms with Gasteiger partial charge in [0.25, 0.3) is 11.5 Å². The predicted molar refractivity (Wildman–Crippen MR) is 102 cm³/mol. The normalized spacial score (nSPS) is 10.9. The molecule has 0 atom stereocenters. The minimum Gasteiger partial charge on any atom is -0.497 e. The van der Waals surface area contributed by atoms with E-state index < -0.39 is 5.91 Å². The van der Waals surface area contributed by atoms with Gasteiger partial charge >= 0.3 is 0 Å². The second kappa shape index (κ2) is 7.69. The van der Waals surface area contributed by atoms with Crippen molar-refractivity contribution in [1.29, 1.82) is 0 Å². The van der Waals surface area contributed by atoms with Crippen LogP contribution in [0.5, 0.6) is 11.5 Å². The van der Waals surface area contributed by atoms with E-state index in [1.807, 2.05) is 0 Å². The molecule has 27 heavy (non-hydrogen) atoms. The SMILES string of the molecule is COc1ccc(/C=N/NC(=O)c2nn(C)c(=O)c3ccccc23)c(OC)c1. The topological polar surface area (TPSA) is 94.8 Å². The van der Waals surface area contributed by atoms with Crippen LogP contribution in [-0.4, -0.2) is 36.1 Å². The van der Waals surface area contributed by atoms with Gasteiger partial charge in [-0.3, -0.25) is 9.59 Å². The van der Waals surface area contributed by atoms with E-state index in [9.17, 15) is 9.59 Å². The number of nitrogens with one attached hydrogen (secondary N) is 1. The highest BCUT2D eigenvalue weighted by Gasteiger charge is 2.15. The van der Waals surface area contributed by atoms with Crippen molar-refractivity contribution in [3.05, 3.63) is 64.1 Å². The third-order valence-electron chi connectivity index (χ3n) is 3.98. The summed E-state index contributed by atoms with van der Waals surface area (Å²) >= 11 is 0. The first kappa shape index (κ1) is 18.1. The summed E-state index contributed by atoms with van der Waals surface area (Å²) in [7, 11) is 4.59. The Morgan fingerprint density at radius 3 is 2.59 bits per heavy atom. The zero-order valence-electron chi connectivity index (χ0n) is 15.1. The Labute approximate surface area is 155 Å². The van der Waals surface area contributed by atoms with Crippen LogP contribution in [0.1, 0.15) is 16.1 Å². The summed E-state index contributed by atoms with van der Waals surface area (Å²) in [4.78, 5) is 24.7. The van der Waals surface area contributed by atoms with E-state index in [-0.39, 0.29) is 11.3 Å². The fourth-order valence-corrected chi connectivity index (χ4v) is 2.61. The standard InChI is InChI=1S/C19H18N4O4/c1-23-19(25)15-7-5-4-6-14(15)17(22-23)18(24)21-20-11-12-8-9-13(26-2)10-16(12)27-3/h4-11H,1-3H3,(H,21,24)/b20-11+. The largest absolute Gasteiger partial charge is 0.497 e. The van der Waals surface area contributed by atoms with Gasteiger partial charge in [-0.25, -0.2) is 10.1 Å². The molecule has 1 heterocycles. The highest BCUT2D eigenvalue weighted by Crippen LogP contribution is 2.23. The molecule has 0 fully saturated rings. The number of aryl methyl sites for hydroxylation is 1. The van der Waals surface area contributed by atoms with E-state index in [0.29, 0.717) is 27.8 Å². The summed E-state index contributed by atoms with van der Waals surface area (Å²) in [5.41, 5.74) is 2.94. The molecule has 0 radical (unpaired) electrons. The number of amides is 1. The molecule has 1 amide bonds. The zero-order valence-corrected chi connectivity index (χ0v) is 15.1. The van der Waals surface area contributed by atoms with Crippen LogP contribution in [0.15, 0.2) is 52.4 Å². The van der Waals surface area contributed by atoms with Gasteiger partial charge in [-0.15, -0.1) is 0 Å². The number of carbonyl (C=O) groups excluding carboxylic acids is 1. The Morgan fingerprint density at radius 2 is 1.89 bits per heavy atom. The molecule has 0 unspecified atom stereocenters. The van der Waals surface area contributed by atoms with Crippen LogP contribution >= 0.6 is 0 Å². The average molecular weight is 366 g/mol. The van der Waals surface area contributed by atoms with Gasteiger partial charge in [0.05, 0.1) is 25.8 Å². The minimum absolute atomic E-state index is 0.117. The minimum atomic E-state index is -0.523. The van der Waals surface area contributed by atoms with Crippen LogP contribution in [-0.2, 0) is 7.05 Å². The number of methoxy groups -OCH3 is 2. The number of carbonyl (C=O) groups is 1. The lowest BCUT2D eigenvalue weighted by Crippen LogP contribution is -2.27. The highest BCUT2D eigenvalue weighted by atomic mass is 16.5. The van der Waals surface area contributed by atoms with E-state index in [2.05, 4.69) is 15.6 Å². The monoisotopic (exact) mass is 366 g/mol. The second-order valence-electron chi connectivity index (χ2n) is 5.63. The van der Waals surface area contributed by atoms with Crippen molar-refractivity contribution in [1.82, 2.24) is 15.2 Å². The molecule has 8 heteroatoms. The zero-order chi connectivity index (χ0) is 19.4. The summed E-state index contributed by atoms with van der Waals surface area (Å²) < 4.78 is 11.6. The fraction of sp³-hybridized carbons (Fsp3) is 0.158. The number of fused-ring (bicyclic) bond motifs is 1. The molecule has 8 nitrogen and oxygen atoms in total. The van der Waals surface area contributed by atoms with E-state index >= 15 is 0 Å². The predicted octanol–water partition coefficient (Wildman–Crippen LogP) is 1.71. The van der Waals surface area contributed by atoms with E-state index in [4.69, 9.17) is 9.47 Å². The number of rotatable bonds is 5. The van der Waals surface area contributed by atoms with Gasteiger partial charge < -0.3 is 9.47 Å². The quantitative estimate of drug-likeness (QED) is 0.548. The summed E-state index contributed by atoms with van der Waals surface area (Å²) in [5, 5.41) is 8.91. The van der Waals surface area contributed by atoms with E-state index in [1.54, 1.807) is 49.6 Å². The van der Waals surface area contributed by atoms with Crippen LogP contribution in [0, 0.1) is 0 Å². The number of benzene rings is 2. The Bertz CT molecular complexity index is 1090. The van der Waals surface area contributed by atoms with Gasteiger partial charge in [0, 0.05) is 24.1 Å². The van der Waals surface area contributed by atoms with E-state index in [1.165, 1.54) is 20.4 Å². The molecule has 2 aromatic carbocycles. The third-order valence-corrected chi connectivity index (χ3v) is 3.98. The van der Waals surface area contributed by atoms with Crippen LogP contribution in [0.2, 0.25) is 0 Å². The first-order chi connectivity index (χ1) is 13.0. The summed E-state index contributed by atoms with van der Waals surface area (Å²) in [6, 6.07) is 12.0. The van der Waals surface area contributed by atoms with Crippen molar-refractivity contribution in [3.63, 3.8) is 0 Å². The van der Waals surface area contributed by atoms with Gasteiger partial charge in [0.1, 0.15) is 11.5 Å². The average Bonchev–Trinajstić information content (AvgIpc) is 2.70. The van der Waals surface area contributed by atoms with Gasteiger partial charge in [0.15, 0.2) is 5.69 Å². The molecule has 1 N–H and O–H groups in total. The summed E-state index contributed by atoms with van der Waals surface area (Å²) in [6.45, 7) is 0. The highest BCUT2D eigenvalue weighted by molar-refractivity contribution is 6.05. The van der Waals surface area contributed by atoms with Gasteiger partial charge in [0.2, 0.25) is 0 Å². The van der Waals surface area contributed by atoms with Crippen molar-refractivity contribution in [2.75, 3.05) is 14.2 Å². The number of hydrazone groups is 1. The van der Waals surface area contributed by atoms with Crippen molar-refractivity contribution in [2.24, 2.45) is 12.1 Å². The summed E-state index contributed by atoms with van der Waals surface area (Å²) in [5.74, 6) is 0.678. The Balaban J connectivity index is 1.87. The molecular weight excluding hydrogens is 348 g/mol. The van der Waals surface area contributed by atoms with Gasteiger partial charge in [-0.1, -0.05) is 18.2 Å². The molecule has 3 aromatic rings. The number of ether oxygens (including phenoxy) is 2. The first-order valence-corrected chi connectivity index (χ1v) is 8.06. The molecular formula is C19H18N4O4. The smallest absolute Gasteiger partial charge is 0.292 e. The molecule has 0 aliphatic carbocycles. The lowest BCUT2D eigenvalue weighted by atomic mass is 10.1. The van der Waals surface area contributed by atoms with Gasteiger partial charge in [-0.2, -0.15) is 10.2 Å². The van der Waals surface area contributed by atoms with E-state index in [0.717, 1.165) is 4.68 Å². The van der Waals surface area contributed by atoms with Crippen LogP contribution in [0.3, 0.4) is 0 Å². The third kappa shape index (κ3) is 3.64. The Kier molecular flexibility index (Phi) is 5.16. The number of aromatic nitrogens is 2. The maximum Gasteiger partial charge on any atom is 0.292 e. The molecule has 1 aromatic heterocycles. The second-order valence-corrected chi connectivity index (χ2v) is 5.63. The van der Waals surface area contributed by atoms with Crippen LogP contribution in [0.25, 0.3) is 10.8 Å². The molecule has 0 aliphatic rings. The maximum atomic E-state index is 12.5. The van der Waals surface area contributed by atoms with Crippen molar-refractivity contribution in [2.45, 2.75) is 0 Å². The van der Waals surface area contributed by atoms with Crippen LogP contribution in [0.4, 0.5) is 0 Å². The molecule has 0 saturated heterocycles. The number of hydrogen-bond donors (Lipinski definition) is 1. The molecule has 3 rings (SSSR count). The fourth-order valence-electron chi connectivity index (χ4n) is 2.61. The Morgan fingerprint density at radius 1 is 1.15 bits per heavy atom. The van der Waals surface area contributed by atoms with Crippen molar-refractivity contribution >= 4 is 22.9 Å². The number of hydrogen-bond acceptors (Lipinski definition) is 6. The maximum absolute atomic E-state index is 12.5. The molecule has 138 valence electrons. The van der Waals surface area contributed by atoms with Gasteiger partial charge in [-0.05, 0) is 18.2 Å². The first-order valence-electron chi connectivity index (χ1n) is 8.06.